The second kappa shape index (κ2) is 4.52. The molecular formula is C14H16O2. The van der Waals surface area contributed by atoms with Gasteiger partial charge in [-0.1, -0.05) is 12.1 Å². The normalized spacial score (nSPS) is 18.1. The van der Waals surface area contributed by atoms with Crippen molar-refractivity contribution in [2.75, 3.05) is 7.11 Å². The number of aryl methyl sites for hydroxylation is 1. The largest absolute Gasteiger partial charge is 0.497 e. The third kappa shape index (κ3) is 1.87. The van der Waals surface area contributed by atoms with Crippen LogP contribution in [-0.4, -0.2) is 12.9 Å². The van der Waals surface area contributed by atoms with Crippen LogP contribution in [0.4, 0.5) is 0 Å². The predicted molar refractivity (Wildman–Crippen MR) is 64.6 cm³/mol. The van der Waals surface area contributed by atoms with Crippen molar-refractivity contribution in [3.63, 3.8) is 0 Å². The van der Waals surface area contributed by atoms with Gasteiger partial charge in [-0.3, -0.25) is 4.79 Å². The second-order valence-electron chi connectivity index (χ2n) is 4.00. The molecule has 1 aliphatic carbocycles. The average Bonchev–Trinajstić information content (AvgIpc) is 2.46. The van der Waals surface area contributed by atoms with Crippen molar-refractivity contribution in [3.8, 4) is 5.75 Å². The number of hydrogen-bond acceptors (Lipinski definition) is 2. The van der Waals surface area contributed by atoms with Gasteiger partial charge < -0.3 is 4.74 Å². The van der Waals surface area contributed by atoms with Crippen LogP contribution in [0.1, 0.15) is 30.9 Å². The van der Waals surface area contributed by atoms with Gasteiger partial charge in [-0.15, -0.1) is 0 Å². The van der Waals surface area contributed by atoms with Crippen LogP contribution in [0.25, 0.3) is 5.57 Å². The van der Waals surface area contributed by atoms with Gasteiger partial charge >= 0.3 is 0 Å². The predicted octanol–water partition coefficient (Wildman–Crippen LogP) is 3.00. The maximum Gasteiger partial charge on any atom is 0.163 e. The van der Waals surface area contributed by atoms with Crippen molar-refractivity contribution >= 4 is 11.4 Å². The zero-order valence-corrected chi connectivity index (χ0v) is 9.75. The van der Waals surface area contributed by atoms with E-state index in [4.69, 9.17) is 4.74 Å². The number of benzene rings is 1. The summed E-state index contributed by atoms with van der Waals surface area (Å²) in [6.07, 6.45) is 4.45. The van der Waals surface area contributed by atoms with Crippen molar-refractivity contribution in [3.05, 3.63) is 35.4 Å². The van der Waals surface area contributed by atoms with Crippen LogP contribution < -0.4 is 4.74 Å². The molecule has 0 aliphatic heterocycles. The molecule has 0 aromatic heterocycles. The topological polar surface area (TPSA) is 26.3 Å². The molecule has 0 N–H and O–H groups in total. The molecule has 0 unspecified atom stereocenters. The Bertz CT molecular complexity index is 444. The van der Waals surface area contributed by atoms with Gasteiger partial charge in [-0.25, -0.2) is 0 Å². The number of allylic oxidation sites excluding steroid dienone is 2. The lowest BCUT2D eigenvalue weighted by Gasteiger charge is -2.09. The van der Waals surface area contributed by atoms with E-state index in [9.17, 15) is 4.79 Å². The van der Waals surface area contributed by atoms with Crippen LogP contribution in [0.15, 0.2) is 24.3 Å². The maximum absolute atomic E-state index is 11.9. The molecule has 0 amide bonds. The Morgan fingerprint density at radius 1 is 1.31 bits per heavy atom. The van der Waals surface area contributed by atoms with Crippen molar-refractivity contribution in [1.82, 2.24) is 0 Å². The van der Waals surface area contributed by atoms with Gasteiger partial charge in [0.25, 0.3) is 0 Å². The van der Waals surface area contributed by atoms with Gasteiger partial charge in [0.15, 0.2) is 5.78 Å². The van der Waals surface area contributed by atoms with E-state index < -0.39 is 0 Å². The van der Waals surface area contributed by atoms with E-state index in [1.807, 2.05) is 31.2 Å². The zero-order chi connectivity index (χ0) is 11.5. The molecule has 16 heavy (non-hydrogen) atoms. The summed E-state index contributed by atoms with van der Waals surface area (Å²) in [5.41, 5.74) is 3.15. The first-order valence-corrected chi connectivity index (χ1v) is 5.63. The van der Waals surface area contributed by atoms with Crippen LogP contribution in [0, 0.1) is 0 Å². The van der Waals surface area contributed by atoms with E-state index in [0.29, 0.717) is 6.42 Å². The first kappa shape index (κ1) is 10.9. The van der Waals surface area contributed by atoms with Gasteiger partial charge in [0, 0.05) is 12.0 Å². The van der Waals surface area contributed by atoms with E-state index in [2.05, 4.69) is 0 Å². The Morgan fingerprint density at radius 2 is 2.12 bits per heavy atom. The fourth-order valence-electron chi connectivity index (χ4n) is 2.21. The van der Waals surface area contributed by atoms with Crippen molar-refractivity contribution < 1.29 is 9.53 Å². The molecule has 1 aromatic carbocycles. The Labute approximate surface area is 95.9 Å². The van der Waals surface area contributed by atoms with E-state index in [1.54, 1.807) is 7.11 Å². The van der Waals surface area contributed by atoms with Crippen molar-refractivity contribution in [2.45, 2.75) is 26.2 Å². The zero-order valence-electron chi connectivity index (χ0n) is 9.75. The lowest BCUT2D eigenvalue weighted by molar-refractivity contribution is -0.113. The molecule has 0 saturated heterocycles. The standard InChI is InChI=1S/C14H16O2/c1-3-12-13-8-7-11(16-2)9-10(13)5-4-6-14(12)15/h3,7-9H,4-6H2,1-2H3. The molecule has 1 aromatic rings. The summed E-state index contributed by atoms with van der Waals surface area (Å²) in [7, 11) is 1.67. The maximum atomic E-state index is 11.9. The van der Waals surface area contributed by atoms with Gasteiger partial charge in [0.2, 0.25) is 0 Å². The Kier molecular flexibility index (Phi) is 3.09. The summed E-state index contributed by atoms with van der Waals surface area (Å²) in [6.45, 7) is 1.92. The highest BCUT2D eigenvalue weighted by atomic mass is 16.5. The summed E-state index contributed by atoms with van der Waals surface area (Å²) in [4.78, 5) is 11.9. The van der Waals surface area contributed by atoms with Crippen molar-refractivity contribution in [1.29, 1.82) is 0 Å². The van der Waals surface area contributed by atoms with Gasteiger partial charge in [0.05, 0.1) is 7.11 Å². The van der Waals surface area contributed by atoms with E-state index in [1.165, 1.54) is 5.56 Å². The first-order chi connectivity index (χ1) is 7.76. The fraction of sp³-hybridized carbons (Fsp3) is 0.357. The monoisotopic (exact) mass is 216 g/mol. The minimum atomic E-state index is 0.256. The molecule has 0 spiro atoms. The number of carbonyl (C=O) groups excluding carboxylic acids is 1. The molecule has 2 rings (SSSR count). The minimum Gasteiger partial charge on any atom is -0.497 e. The number of ether oxygens (including phenoxy) is 1. The lowest BCUT2D eigenvalue weighted by atomic mass is 9.97. The average molecular weight is 216 g/mol. The number of Topliss-reactive ketones (excluding diaryl/α,β-unsaturated/α-hetero) is 1. The van der Waals surface area contributed by atoms with Crippen LogP contribution >= 0.6 is 0 Å². The van der Waals surface area contributed by atoms with Crippen LogP contribution in [0.2, 0.25) is 0 Å². The Hall–Kier alpha value is -1.57. The van der Waals surface area contributed by atoms with Crippen LogP contribution in [0.5, 0.6) is 5.75 Å². The van der Waals surface area contributed by atoms with Crippen LogP contribution in [-0.2, 0) is 11.2 Å². The number of carbonyl (C=O) groups is 1. The molecule has 0 atom stereocenters. The molecular weight excluding hydrogens is 200 g/mol. The lowest BCUT2D eigenvalue weighted by Crippen LogP contribution is -1.99. The molecule has 0 radical (unpaired) electrons. The number of ketones is 1. The second-order valence-corrected chi connectivity index (χ2v) is 4.00. The SMILES string of the molecule is CC=C1C(=O)CCCc2cc(OC)ccc21. The highest BCUT2D eigenvalue weighted by molar-refractivity contribution is 6.21. The highest BCUT2D eigenvalue weighted by Gasteiger charge is 2.18. The Morgan fingerprint density at radius 3 is 2.81 bits per heavy atom. The number of hydrogen-bond donors (Lipinski definition) is 0. The van der Waals surface area contributed by atoms with E-state index in [-0.39, 0.29) is 5.78 Å². The Balaban J connectivity index is 2.53. The van der Waals surface area contributed by atoms with Gasteiger partial charge in [-0.05, 0) is 43.0 Å². The molecule has 0 saturated carbocycles. The summed E-state index contributed by atoms with van der Waals surface area (Å²) < 4.78 is 5.21. The van der Waals surface area contributed by atoms with Gasteiger partial charge in [-0.2, -0.15) is 0 Å². The quantitative estimate of drug-likeness (QED) is 0.533. The molecule has 0 fully saturated rings. The molecule has 0 heterocycles. The highest BCUT2D eigenvalue weighted by Crippen LogP contribution is 2.29. The third-order valence-corrected chi connectivity index (χ3v) is 3.04. The molecule has 2 nitrogen and oxygen atoms in total. The number of fused-ring (bicyclic) bond motifs is 1. The van der Waals surface area contributed by atoms with E-state index >= 15 is 0 Å². The molecule has 84 valence electrons. The molecule has 2 heteroatoms. The molecule has 0 bridgehead atoms. The molecule has 1 aliphatic rings. The third-order valence-electron chi connectivity index (χ3n) is 3.04. The first-order valence-electron chi connectivity index (χ1n) is 5.63. The smallest absolute Gasteiger partial charge is 0.163 e. The number of methoxy groups -OCH3 is 1. The summed E-state index contributed by atoms with van der Waals surface area (Å²) in [5, 5.41) is 0. The van der Waals surface area contributed by atoms with Crippen LogP contribution in [0.3, 0.4) is 0 Å². The summed E-state index contributed by atoms with van der Waals surface area (Å²) in [5.74, 6) is 1.12. The van der Waals surface area contributed by atoms with E-state index in [0.717, 1.165) is 29.7 Å². The van der Waals surface area contributed by atoms with Crippen molar-refractivity contribution in [2.24, 2.45) is 0 Å². The number of rotatable bonds is 1. The summed E-state index contributed by atoms with van der Waals surface area (Å²) >= 11 is 0. The minimum absolute atomic E-state index is 0.256. The summed E-state index contributed by atoms with van der Waals surface area (Å²) in [6, 6.07) is 5.95. The fourth-order valence-corrected chi connectivity index (χ4v) is 2.21. The van der Waals surface area contributed by atoms with Gasteiger partial charge in [0.1, 0.15) is 5.75 Å².